The monoisotopic (exact) mass is 1240 g/mol. The SMILES string of the molecule is CCCCCCCCCCCCCCCCCC(=O)OC1C(OC2OC(CO)C(O)C(O)C2OS(=O)(=O)O)OC(CO)C(O)C1OC(=O)C(C)CC(C)CC(C)CC(C)CC(C)CC(C)CC(C)C(O)CCCCCCCCCCCCCCC. The van der Waals surface area contributed by atoms with Crippen LogP contribution >= 0.6 is 0 Å². The first kappa shape index (κ1) is 79.5. The number of esters is 2. The van der Waals surface area contributed by atoms with Gasteiger partial charge in [0.05, 0.1) is 25.2 Å². The molecule has 2 rings (SSSR count). The highest BCUT2D eigenvalue weighted by molar-refractivity contribution is 7.80. The summed E-state index contributed by atoms with van der Waals surface area (Å²) < 4.78 is 67.4. The minimum Gasteiger partial charge on any atom is -0.455 e. The smallest absolute Gasteiger partial charge is 0.397 e. The lowest BCUT2D eigenvalue weighted by Crippen LogP contribution is -2.65. The molecule has 0 spiro atoms. The molecule has 18 atom stereocenters. The zero-order valence-electron chi connectivity index (χ0n) is 54.9. The van der Waals surface area contributed by atoms with Crippen molar-refractivity contribution in [2.24, 2.45) is 41.4 Å². The van der Waals surface area contributed by atoms with Crippen LogP contribution in [0.25, 0.3) is 0 Å². The summed E-state index contributed by atoms with van der Waals surface area (Å²) in [6, 6.07) is 0. The van der Waals surface area contributed by atoms with Crippen molar-refractivity contribution in [2.75, 3.05) is 13.2 Å². The quantitative estimate of drug-likeness (QED) is 0.0170. The molecule has 18 unspecified atom stereocenters. The zero-order chi connectivity index (χ0) is 63.2. The van der Waals surface area contributed by atoms with Crippen molar-refractivity contribution >= 4 is 22.3 Å². The van der Waals surface area contributed by atoms with Gasteiger partial charge in [0.2, 0.25) is 6.29 Å². The lowest BCUT2D eigenvalue weighted by atomic mass is 9.80. The van der Waals surface area contributed by atoms with E-state index in [1.54, 1.807) is 6.92 Å². The van der Waals surface area contributed by atoms with E-state index in [0.717, 1.165) is 77.0 Å². The molecule has 2 fully saturated rings. The Balaban J connectivity index is 1.98. The summed E-state index contributed by atoms with van der Waals surface area (Å²) in [7, 11) is -5.32. The fourth-order valence-corrected chi connectivity index (χ4v) is 13.9. The lowest BCUT2D eigenvalue weighted by Gasteiger charge is -2.46. The predicted octanol–water partition coefficient (Wildman–Crippen LogP) is 13.4. The van der Waals surface area contributed by atoms with Crippen molar-refractivity contribution in [1.82, 2.24) is 0 Å². The fraction of sp³-hybridized carbons (Fsp3) is 0.970. The Kier molecular flexibility index (Phi) is 43.5. The molecule has 0 aromatic heterocycles. The molecule has 0 saturated carbocycles. The van der Waals surface area contributed by atoms with Gasteiger partial charge >= 0.3 is 22.3 Å². The third kappa shape index (κ3) is 35.0. The predicted molar refractivity (Wildman–Crippen MR) is 334 cm³/mol. The van der Waals surface area contributed by atoms with E-state index in [9.17, 15) is 53.2 Å². The topological polar surface area (TPSA) is 265 Å². The van der Waals surface area contributed by atoms with Crippen LogP contribution in [0.1, 0.15) is 293 Å². The van der Waals surface area contributed by atoms with Crippen LogP contribution in [0.4, 0.5) is 0 Å². The molecule has 0 bridgehead atoms. The van der Waals surface area contributed by atoms with Gasteiger partial charge in [-0.2, -0.15) is 8.42 Å². The number of hydrogen-bond donors (Lipinski definition) is 7. The Hall–Kier alpha value is -1.55. The maximum atomic E-state index is 14.1. The van der Waals surface area contributed by atoms with Crippen molar-refractivity contribution in [2.45, 2.75) is 361 Å². The van der Waals surface area contributed by atoms with Gasteiger partial charge in [0, 0.05) is 6.42 Å². The van der Waals surface area contributed by atoms with Gasteiger partial charge in [0.25, 0.3) is 0 Å². The van der Waals surface area contributed by atoms with E-state index in [2.05, 4.69) is 59.6 Å². The van der Waals surface area contributed by atoms with Crippen LogP contribution in [0.15, 0.2) is 0 Å². The maximum Gasteiger partial charge on any atom is 0.397 e. The molecule has 17 nitrogen and oxygen atoms in total. The van der Waals surface area contributed by atoms with Crippen molar-refractivity contribution < 1.29 is 81.1 Å². The number of rotatable bonds is 52. The summed E-state index contributed by atoms with van der Waals surface area (Å²) in [6.45, 7) is 18.0. The molecule has 2 aliphatic rings. The van der Waals surface area contributed by atoms with Gasteiger partial charge in [-0.1, -0.05) is 236 Å². The largest absolute Gasteiger partial charge is 0.455 e. The van der Waals surface area contributed by atoms with Crippen molar-refractivity contribution in [3.8, 4) is 0 Å². The lowest BCUT2D eigenvalue weighted by molar-refractivity contribution is -0.374. The number of aliphatic hydroxyl groups is 6. The molecule has 0 aromatic rings. The molecule has 18 heteroatoms. The third-order valence-corrected chi connectivity index (χ3v) is 18.5. The van der Waals surface area contributed by atoms with Crippen molar-refractivity contribution in [3.63, 3.8) is 0 Å². The van der Waals surface area contributed by atoms with E-state index in [1.807, 2.05) is 0 Å². The normalized spacial score (nSPS) is 25.8. The van der Waals surface area contributed by atoms with Gasteiger partial charge in [-0.15, -0.1) is 0 Å². The first-order valence-electron chi connectivity index (χ1n) is 34.5. The summed E-state index contributed by atoms with van der Waals surface area (Å²) in [5, 5.41) is 64.4. The van der Waals surface area contributed by atoms with Gasteiger partial charge in [0.1, 0.15) is 30.5 Å². The van der Waals surface area contributed by atoms with E-state index >= 15 is 0 Å². The van der Waals surface area contributed by atoms with Crippen LogP contribution in [0.2, 0.25) is 0 Å². The standard InChI is InChI=1S/C67H128O17S/c1-10-12-14-16-18-20-22-24-25-27-29-31-33-35-37-39-58(71)81-64-62(60(73)57(47-69)80-67(64)83-66-63(84-85(76,77)78)61(74)59(72)56(46-68)79-66)82-65(75)54(9)45-52(7)43-50(5)41-48(3)40-49(4)42-51(6)44-53(8)55(70)38-36-34-32-30-28-26-23-21-19-17-15-13-11-2/h48-57,59-64,66-70,72-74H,10-47H2,1-9H3,(H,76,77,78). The highest BCUT2D eigenvalue weighted by atomic mass is 32.3. The molecule has 2 saturated heterocycles. The third-order valence-electron chi connectivity index (χ3n) is 18.0. The summed E-state index contributed by atoms with van der Waals surface area (Å²) in [5.74, 6) is 0.146. The first-order valence-corrected chi connectivity index (χ1v) is 35.9. The molecule has 504 valence electrons. The number of ether oxygens (including phenoxy) is 5. The summed E-state index contributed by atoms with van der Waals surface area (Å²) in [4.78, 5) is 27.7. The van der Waals surface area contributed by atoms with Crippen LogP contribution in [0.5, 0.6) is 0 Å². The average molecular weight is 1240 g/mol. The van der Waals surface area contributed by atoms with E-state index in [0.29, 0.717) is 36.5 Å². The summed E-state index contributed by atoms with van der Waals surface area (Å²) in [5.41, 5.74) is 0. The van der Waals surface area contributed by atoms with E-state index in [1.165, 1.54) is 135 Å². The van der Waals surface area contributed by atoms with E-state index in [-0.39, 0.29) is 24.4 Å². The number of carbonyl (C=O) groups is 2. The molecule has 2 heterocycles. The molecule has 0 radical (unpaired) electrons. The van der Waals surface area contributed by atoms with Crippen LogP contribution in [-0.4, -0.2) is 136 Å². The highest BCUT2D eigenvalue weighted by Crippen LogP contribution is 2.35. The van der Waals surface area contributed by atoms with Crippen molar-refractivity contribution in [3.05, 3.63) is 0 Å². The second kappa shape index (κ2) is 46.5. The highest BCUT2D eigenvalue weighted by Gasteiger charge is 2.55. The number of carbonyl (C=O) groups excluding carboxylic acids is 2. The van der Waals surface area contributed by atoms with Crippen LogP contribution in [-0.2, 0) is 47.9 Å². The van der Waals surface area contributed by atoms with Gasteiger partial charge in [-0.25, -0.2) is 4.18 Å². The first-order chi connectivity index (χ1) is 40.5. The summed E-state index contributed by atoms with van der Waals surface area (Å²) in [6.07, 6.45) is 21.9. The Morgan fingerprint density at radius 1 is 0.459 bits per heavy atom. The van der Waals surface area contributed by atoms with Crippen LogP contribution < -0.4 is 0 Å². The fourth-order valence-electron chi connectivity index (χ4n) is 13.4. The Morgan fingerprint density at radius 2 is 0.824 bits per heavy atom. The summed E-state index contributed by atoms with van der Waals surface area (Å²) >= 11 is 0. The van der Waals surface area contributed by atoms with Gasteiger partial charge in [-0.05, 0) is 86.9 Å². The Bertz CT molecular complexity index is 1780. The number of aliphatic hydroxyl groups excluding tert-OH is 6. The van der Waals surface area contributed by atoms with Gasteiger partial charge < -0.3 is 54.3 Å². The van der Waals surface area contributed by atoms with Gasteiger partial charge in [0.15, 0.2) is 24.6 Å². The molecule has 0 aromatic carbocycles. The van der Waals surface area contributed by atoms with E-state index in [4.69, 9.17) is 23.7 Å². The maximum absolute atomic E-state index is 14.1. The second-order valence-electron chi connectivity index (χ2n) is 27.0. The minimum absolute atomic E-state index is 0.0553. The Morgan fingerprint density at radius 3 is 1.24 bits per heavy atom. The number of hydrogen-bond acceptors (Lipinski definition) is 16. The Labute approximate surface area is 516 Å². The molecule has 0 amide bonds. The molecule has 85 heavy (non-hydrogen) atoms. The van der Waals surface area contributed by atoms with E-state index < -0.39 is 103 Å². The average Bonchev–Trinajstić information content (AvgIpc) is 1.70. The molecular weight excluding hydrogens is 1110 g/mol. The van der Waals surface area contributed by atoms with Crippen LogP contribution in [0, 0.1) is 41.4 Å². The number of unbranched alkanes of at least 4 members (excludes halogenated alkanes) is 26. The zero-order valence-corrected chi connectivity index (χ0v) is 55.7. The molecule has 0 aliphatic carbocycles. The minimum atomic E-state index is -5.32. The molecule has 7 N–H and O–H groups in total. The van der Waals surface area contributed by atoms with Crippen molar-refractivity contribution in [1.29, 1.82) is 0 Å². The second-order valence-corrected chi connectivity index (χ2v) is 28.1. The van der Waals surface area contributed by atoms with Gasteiger partial charge in [-0.3, -0.25) is 14.1 Å². The van der Waals surface area contributed by atoms with Crippen LogP contribution in [0.3, 0.4) is 0 Å². The molecule has 2 aliphatic heterocycles. The molecular formula is C67H128O17S.